The number of hydrogen-bond acceptors (Lipinski definition) is 4. The van der Waals surface area contributed by atoms with Crippen LogP contribution in [-0.4, -0.2) is 15.5 Å². The van der Waals surface area contributed by atoms with Gasteiger partial charge in [0.05, 0.1) is 30.0 Å². The van der Waals surface area contributed by atoms with E-state index in [-0.39, 0.29) is 24.6 Å². The van der Waals surface area contributed by atoms with Crippen molar-refractivity contribution >= 4 is 22.5 Å². The molecule has 0 saturated carbocycles. The number of furan rings is 1. The summed E-state index contributed by atoms with van der Waals surface area (Å²) in [5, 5.41) is 0.508. The van der Waals surface area contributed by atoms with Gasteiger partial charge in [0.1, 0.15) is 12.3 Å². The molecule has 6 heteroatoms. The molecular formula is C23H21N3O3. The van der Waals surface area contributed by atoms with Crippen molar-refractivity contribution in [2.75, 3.05) is 4.90 Å². The number of carbonyl (C=O) groups excluding carboxylic acids is 1. The van der Waals surface area contributed by atoms with Gasteiger partial charge < -0.3 is 9.32 Å². The van der Waals surface area contributed by atoms with E-state index in [1.807, 2.05) is 56.3 Å². The fourth-order valence-electron chi connectivity index (χ4n) is 3.29. The number of amides is 1. The first kappa shape index (κ1) is 18.7. The SMILES string of the molecule is Cc1ccc(N(Cc2ccco2)C(=O)Cn2cnc3c(C)cccc3c2=O)cc1. The molecule has 0 bridgehead atoms. The molecule has 0 spiro atoms. The summed E-state index contributed by atoms with van der Waals surface area (Å²) < 4.78 is 6.78. The molecule has 1 amide bonds. The van der Waals surface area contributed by atoms with E-state index < -0.39 is 0 Å². The number of rotatable bonds is 5. The van der Waals surface area contributed by atoms with E-state index in [4.69, 9.17) is 4.42 Å². The average molecular weight is 387 g/mol. The number of aromatic nitrogens is 2. The molecule has 6 nitrogen and oxygen atoms in total. The lowest BCUT2D eigenvalue weighted by molar-refractivity contribution is -0.119. The van der Waals surface area contributed by atoms with Crippen LogP contribution in [0.2, 0.25) is 0 Å². The Bertz CT molecular complexity index is 1210. The lowest BCUT2D eigenvalue weighted by Gasteiger charge is -2.22. The second-order valence-corrected chi connectivity index (χ2v) is 7.04. The summed E-state index contributed by atoms with van der Waals surface area (Å²) in [5.41, 5.74) is 3.21. The van der Waals surface area contributed by atoms with Crippen molar-refractivity contribution in [3.63, 3.8) is 0 Å². The summed E-state index contributed by atoms with van der Waals surface area (Å²) in [4.78, 5) is 32.1. The number of nitrogens with zero attached hydrogens (tertiary/aromatic N) is 3. The zero-order valence-corrected chi connectivity index (χ0v) is 16.3. The Morgan fingerprint density at radius 3 is 2.59 bits per heavy atom. The summed E-state index contributed by atoms with van der Waals surface area (Å²) in [6, 6.07) is 16.7. The normalized spacial score (nSPS) is 11.0. The summed E-state index contributed by atoms with van der Waals surface area (Å²) in [5.74, 6) is 0.444. The highest BCUT2D eigenvalue weighted by atomic mass is 16.3. The highest BCUT2D eigenvalue weighted by Gasteiger charge is 2.19. The number of aryl methyl sites for hydroxylation is 2. The molecule has 2 heterocycles. The molecule has 0 unspecified atom stereocenters. The van der Waals surface area contributed by atoms with Crippen LogP contribution in [0, 0.1) is 13.8 Å². The minimum atomic E-state index is -0.228. The van der Waals surface area contributed by atoms with E-state index in [1.54, 1.807) is 23.3 Å². The number of para-hydroxylation sites is 1. The van der Waals surface area contributed by atoms with Gasteiger partial charge in [0.2, 0.25) is 5.91 Å². The Balaban J connectivity index is 1.67. The Kier molecular flexibility index (Phi) is 4.99. The van der Waals surface area contributed by atoms with Crippen LogP contribution in [-0.2, 0) is 17.9 Å². The molecule has 0 aliphatic rings. The van der Waals surface area contributed by atoms with Gasteiger partial charge in [-0.2, -0.15) is 0 Å². The molecular weight excluding hydrogens is 366 g/mol. The maximum Gasteiger partial charge on any atom is 0.261 e. The van der Waals surface area contributed by atoms with Gasteiger partial charge in [-0.15, -0.1) is 0 Å². The van der Waals surface area contributed by atoms with Gasteiger partial charge >= 0.3 is 0 Å². The minimum Gasteiger partial charge on any atom is -0.467 e. The standard InChI is InChI=1S/C23H21N3O3/c1-16-8-10-18(11-9-16)26(13-19-6-4-12-29-19)21(27)14-25-15-24-22-17(2)5-3-7-20(22)23(25)28/h3-12,15H,13-14H2,1-2H3. The van der Waals surface area contributed by atoms with Crippen molar-refractivity contribution in [1.29, 1.82) is 0 Å². The Morgan fingerprint density at radius 2 is 1.86 bits per heavy atom. The molecule has 0 saturated heterocycles. The van der Waals surface area contributed by atoms with Gasteiger partial charge in [-0.05, 0) is 49.7 Å². The molecule has 0 fully saturated rings. The van der Waals surface area contributed by atoms with Crippen LogP contribution in [0.15, 0.2) is 76.4 Å². The van der Waals surface area contributed by atoms with E-state index in [1.165, 1.54) is 10.9 Å². The van der Waals surface area contributed by atoms with Crippen LogP contribution < -0.4 is 10.5 Å². The molecule has 0 N–H and O–H groups in total. The third kappa shape index (κ3) is 3.82. The van der Waals surface area contributed by atoms with Gasteiger partial charge in [0.15, 0.2) is 0 Å². The van der Waals surface area contributed by atoms with Crippen molar-refractivity contribution in [2.45, 2.75) is 26.9 Å². The third-order valence-corrected chi connectivity index (χ3v) is 4.90. The fraction of sp³-hybridized carbons (Fsp3) is 0.174. The molecule has 29 heavy (non-hydrogen) atoms. The number of carbonyl (C=O) groups is 1. The number of hydrogen-bond donors (Lipinski definition) is 0. The van der Waals surface area contributed by atoms with E-state index in [0.717, 1.165) is 16.8 Å². The zero-order chi connectivity index (χ0) is 20.4. The van der Waals surface area contributed by atoms with Crippen LogP contribution in [0.25, 0.3) is 10.9 Å². The highest BCUT2D eigenvalue weighted by Crippen LogP contribution is 2.19. The fourth-order valence-corrected chi connectivity index (χ4v) is 3.29. The van der Waals surface area contributed by atoms with E-state index in [0.29, 0.717) is 16.7 Å². The summed E-state index contributed by atoms with van der Waals surface area (Å²) in [7, 11) is 0. The van der Waals surface area contributed by atoms with Crippen LogP contribution in [0.4, 0.5) is 5.69 Å². The second-order valence-electron chi connectivity index (χ2n) is 7.04. The number of benzene rings is 2. The maximum atomic E-state index is 13.2. The Hall–Kier alpha value is -3.67. The quantitative estimate of drug-likeness (QED) is 0.522. The van der Waals surface area contributed by atoms with Gasteiger partial charge in [-0.3, -0.25) is 14.2 Å². The van der Waals surface area contributed by atoms with Gasteiger partial charge in [0.25, 0.3) is 5.56 Å². The third-order valence-electron chi connectivity index (χ3n) is 4.90. The van der Waals surface area contributed by atoms with Crippen LogP contribution in [0.1, 0.15) is 16.9 Å². The lowest BCUT2D eigenvalue weighted by atomic mass is 10.1. The lowest BCUT2D eigenvalue weighted by Crippen LogP contribution is -2.36. The smallest absolute Gasteiger partial charge is 0.261 e. The zero-order valence-electron chi connectivity index (χ0n) is 16.3. The largest absolute Gasteiger partial charge is 0.467 e. The van der Waals surface area contributed by atoms with Gasteiger partial charge in [-0.25, -0.2) is 4.98 Å². The topological polar surface area (TPSA) is 68.3 Å². The van der Waals surface area contributed by atoms with E-state index in [2.05, 4.69) is 4.98 Å². The molecule has 0 aliphatic heterocycles. The molecule has 2 aromatic carbocycles. The molecule has 146 valence electrons. The monoisotopic (exact) mass is 387 g/mol. The number of fused-ring (bicyclic) bond motifs is 1. The average Bonchev–Trinajstić information content (AvgIpc) is 3.23. The first-order valence-electron chi connectivity index (χ1n) is 9.37. The van der Waals surface area contributed by atoms with Crippen LogP contribution in [0.3, 0.4) is 0 Å². The first-order valence-corrected chi connectivity index (χ1v) is 9.37. The van der Waals surface area contributed by atoms with Crippen LogP contribution in [0.5, 0.6) is 0 Å². The Labute approximate surface area is 168 Å². The van der Waals surface area contributed by atoms with E-state index in [9.17, 15) is 9.59 Å². The van der Waals surface area contributed by atoms with Gasteiger partial charge in [-0.1, -0.05) is 29.8 Å². The van der Waals surface area contributed by atoms with Crippen molar-refractivity contribution in [3.8, 4) is 0 Å². The van der Waals surface area contributed by atoms with E-state index >= 15 is 0 Å². The summed E-state index contributed by atoms with van der Waals surface area (Å²) >= 11 is 0. The summed E-state index contributed by atoms with van der Waals surface area (Å²) in [6.07, 6.45) is 3.02. The van der Waals surface area contributed by atoms with Gasteiger partial charge in [0, 0.05) is 5.69 Å². The van der Waals surface area contributed by atoms with Crippen molar-refractivity contribution in [3.05, 3.63) is 94.4 Å². The van der Waals surface area contributed by atoms with Crippen molar-refractivity contribution in [2.24, 2.45) is 0 Å². The molecule has 4 aromatic rings. The predicted molar refractivity (Wildman–Crippen MR) is 112 cm³/mol. The predicted octanol–water partition coefficient (Wildman–Crippen LogP) is 3.84. The Morgan fingerprint density at radius 1 is 1.07 bits per heavy atom. The molecule has 0 aliphatic carbocycles. The van der Waals surface area contributed by atoms with Crippen molar-refractivity contribution < 1.29 is 9.21 Å². The molecule has 0 radical (unpaired) electrons. The summed E-state index contributed by atoms with van der Waals surface area (Å²) in [6.45, 7) is 4.07. The van der Waals surface area contributed by atoms with Crippen LogP contribution >= 0.6 is 0 Å². The molecule has 4 rings (SSSR count). The molecule has 2 aromatic heterocycles. The highest BCUT2D eigenvalue weighted by molar-refractivity contribution is 5.93. The first-order chi connectivity index (χ1) is 14.0. The maximum absolute atomic E-state index is 13.2. The number of anilines is 1. The van der Waals surface area contributed by atoms with Crippen molar-refractivity contribution in [1.82, 2.24) is 9.55 Å². The minimum absolute atomic E-state index is 0.107. The second kappa shape index (κ2) is 7.75. The molecule has 0 atom stereocenters.